The first kappa shape index (κ1) is 16.0. The molecular weight excluding hydrogens is 332 g/mol. The van der Waals surface area contributed by atoms with Crippen LogP contribution in [-0.4, -0.2) is 29.0 Å². The van der Waals surface area contributed by atoms with Crippen molar-refractivity contribution in [2.75, 3.05) is 23.3 Å². The lowest BCUT2D eigenvalue weighted by atomic mass is 10.2. The van der Waals surface area contributed by atoms with Gasteiger partial charge in [0.1, 0.15) is 17.0 Å². The van der Waals surface area contributed by atoms with Crippen molar-refractivity contribution in [3.63, 3.8) is 0 Å². The number of nitrogens with one attached hydrogen (secondary N) is 1. The van der Waals surface area contributed by atoms with Crippen LogP contribution in [0.5, 0.6) is 0 Å². The minimum atomic E-state index is -0.0864. The Morgan fingerprint density at radius 3 is 2.56 bits per heavy atom. The standard InChI is InChI=1S/C19H20N4OS/c1-12-5-7-14(8-6-12)22-18(24)16-13(2)15-17(23-9-3-4-10-23)20-11-21-19(15)25-16/h5-8,11H,3-4,9-10H2,1-2H3,(H,22,24). The van der Waals surface area contributed by atoms with Gasteiger partial charge in [-0.05, 0) is 44.4 Å². The monoisotopic (exact) mass is 352 g/mol. The smallest absolute Gasteiger partial charge is 0.266 e. The fourth-order valence-corrected chi connectivity index (χ4v) is 4.30. The third kappa shape index (κ3) is 2.98. The van der Waals surface area contributed by atoms with E-state index < -0.39 is 0 Å². The van der Waals surface area contributed by atoms with Gasteiger partial charge >= 0.3 is 0 Å². The molecule has 1 N–H and O–H groups in total. The molecule has 1 aromatic carbocycles. The molecule has 1 aliphatic heterocycles. The zero-order valence-corrected chi connectivity index (χ0v) is 15.2. The molecule has 2 aromatic heterocycles. The summed E-state index contributed by atoms with van der Waals surface area (Å²) in [4.78, 5) is 25.5. The summed E-state index contributed by atoms with van der Waals surface area (Å²) in [5.74, 6) is 0.877. The average Bonchev–Trinajstić information content (AvgIpc) is 3.25. The quantitative estimate of drug-likeness (QED) is 0.769. The Morgan fingerprint density at radius 2 is 1.84 bits per heavy atom. The number of aryl methyl sites for hydroxylation is 2. The number of carbonyl (C=O) groups is 1. The molecule has 128 valence electrons. The topological polar surface area (TPSA) is 58.1 Å². The van der Waals surface area contributed by atoms with Crippen LogP contribution in [0.2, 0.25) is 0 Å². The number of hydrogen-bond acceptors (Lipinski definition) is 5. The van der Waals surface area contributed by atoms with Crippen molar-refractivity contribution in [1.29, 1.82) is 0 Å². The van der Waals surface area contributed by atoms with Gasteiger partial charge in [0.2, 0.25) is 0 Å². The SMILES string of the molecule is Cc1ccc(NC(=O)c2sc3ncnc(N4CCCC4)c3c2C)cc1. The summed E-state index contributed by atoms with van der Waals surface area (Å²) in [5.41, 5.74) is 2.94. The Morgan fingerprint density at radius 1 is 1.12 bits per heavy atom. The highest BCUT2D eigenvalue weighted by Gasteiger charge is 2.23. The zero-order valence-electron chi connectivity index (χ0n) is 14.4. The number of carbonyl (C=O) groups excluding carboxylic acids is 1. The number of benzene rings is 1. The van der Waals surface area contributed by atoms with Crippen LogP contribution in [-0.2, 0) is 0 Å². The van der Waals surface area contributed by atoms with Crippen LogP contribution in [0.3, 0.4) is 0 Å². The molecule has 0 unspecified atom stereocenters. The van der Waals surface area contributed by atoms with Crippen molar-refractivity contribution in [2.24, 2.45) is 0 Å². The molecule has 0 spiro atoms. The Kier molecular flexibility index (Phi) is 4.13. The molecular formula is C19H20N4OS. The average molecular weight is 352 g/mol. The number of aromatic nitrogens is 2. The van der Waals surface area contributed by atoms with Gasteiger partial charge in [0.15, 0.2) is 0 Å². The summed E-state index contributed by atoms with van der Waals surface area (Å²) in [7, 11) is 0. The van der Waals surface area contributed by atoms with E-state index in [1.165, 1.54) is 29.7 Å². The summed E-state index contributed by atoms with van der Waals surface area (Å²) in [5, 5.41) is 4.00. The minimum Gasteiger partial charge on any atom is -0.356 e. The molecule has 0 radical (unpaired) electrons. The molecule has 5 nitrogen and oxygen atoms in total. The first-order valence-corrected chi connectivity index (χ1v) is 9.32. The van der Waals surface area contributed by atoms with Crippen molar-refractivity contribution < 1.29 is 4.79 Å². The van der Waals surface area contributed by atoms with E-state index in [0.29, 0.717) is 4.88 Å². The second kappa shape index (κ2) is 6.44. The Balaban J connectivity index is 1.70. The molecule has 1 saturated heterocycles. The predicted molar refractivity (Wildman–Crippen MR) is 103 cm³/mol. The van der Waals surface area contributed by atoms with Gasteiger partial charge in [-0.3, -0.25) is 4.79 Å². The molecule has 4 rings (SSSR count). The van der Waals surface area contributed by atoms with E-state index in [0.717, 1.165) is 40.4 Å². The van der Waals surface area contributed by atoms with Gasteiger partial charge in [0.05, 0.1) is 10.3 Å². The molecule has 6 heteroatoms. The summed E-state index contributed by atoms with van der Waals surface area (Å²) < 4.78 is 0. The number of nitrogens with zero attached hydrogens (tertiary/aromatic N) is 3. The van der Waals surface area contributed by atoms with Gasteiger partial charge in [0.25, 0.3) is 5.91 Å². The van der Waals surface area contributed by atoms with Gasteiger partial charge in [-0.15, -0.1) is 11.3 Å². The van der Waals surface area contributed by atoms with E-state index in [-0.39, 0.29) is 5.91 Å². The van der Waals surface area contributed by atoms with E-state index in [1.807, 2.05) is 38.1 Å². The summed E-state index contributed by atoms with van der Waals surface area (Å²) in [6.07, 6.45) is 3.98. The molecule has 1 amide bonds. The van der Waals surface area contributed by atoms with Gasteiger partial charge < -0.3 is 10.2 Å². The Hall–Kier alpha value is -2.47. The minimum absolute atomic E-state index is 0.0864. The molecule has 3 heterocycles. The van der Waals surface area contributed by atoms with E-state index in [9.17, 15) is 4.79 Å². The number of hydrogen-bond donors (Lipinski definition) is 1. The third-order valence-corrected chi connectivity index (χ3v) is 5.83. The van der Waals surface area contributed by atoms with Crippen molar-refractivity contribution >= 4 is 39.0 Å². The maximum absolute atomic E-state index is 12.8. The molecule has 0 saturated carbocycles. The van der Waals surface area contributed by atoms with Gasteiger partial charge in [-0.2, -0.15) is 0 Å². The Bertz CT molecular complexity index is 926. The fourth-order valence-electron chi connectivity index (χ4n) is 3.26. The van der Waals surface area contributed by atoms with E-state index in [4.69, 9.17) is 0 Å². The first-order chi connectivity index (χ1) is 12.1. The van der Waals surface area contributed by atoms with Crippen LogP contribution in [0.4, 0.5) is 11.5 Å². The third-order valence-electron chi connectivity index (χ3n) is 4.63. The number of rotatable bonds is 3. The highest BCUT2D eigenvalue weighted by Crippen LogP contribution is 2.36. The fraction of sp³-hybridized carbons (Fsp3) is 0.316. The molecule has 0 aliphatic carbocycles. The second-order valence-electron chi connectivity index (χ2n) is 6.45. The van der Waals surface area contributed by atoms with Crippen molar-refractivity contribution in [2.45, 2.75) is 26.7 Å². The number of anilines is 2. The van der Waals surface area contributed by atoms with E-state index in [2.05, 4.69) is 20.2 Å². The van der Waals surface area contributed by atoms with Gasteiger partial charge in [-0.1, -0.05) is 17.7 Å². The van der Waals surface area contributed by atoms with Gasteiger partial charge in [-0.25, -0.2) is 9.97 Å². The number of fused-ring (bicyclic) bond motifs is 1. The summed E-state index contributed by atoms with van der Waals surface area (Å²) in [6, 6.07) is 7.82. The van der Waals surface area contributed by atoms with E-state index in [1.54, 1.807) is 6.33 Å². The largest absolute Gasteiger partial charge is 0.356 e. The van der Waals surface area contributed by atoms with Gasteiger partial charge in [0, 0.05) is 18.8 Å². The predicted octanol–water partition coefficient (Wildman–Crippen LogP) is 4.16. The first-order valence-electron chi connectivity index (χ1n) is 8.50. The molecule has 1 fully saturated rings. The Labute approximate surface area is 150 Å². The second-order valence-corrected chi connectivity index (χ2v) is 7.45. The summed E-state index contributed by atoms with van der Waals surface area (Å²) >= 11 is 1.44. The normalized spacial score (nSPS) is 14.2. The molecule has 3 aromatic rings. The lowest BCUT2D eigenvalue weighted by Gasteiger charge is -2.17. The van der Waals surface area contributed by atoms with Crippen LogP contribution in [0.25, 0.3) is 10.2 Å². The van der Waals surface area contributed by atoms with Crippen molar-refractivity contribution in [3.8, 4) is 0 Å². The van der Waals surface area contributed by atoms with Crippen molar-refractivity contribution in [1.82, 2.24) is 9.97 Å². The van der Waals surface area contributed by atoms with Crippen LogP contribution < -0.4 is 10.2 Å². The zero-order chi connectivity index (χ0) is 17.4. The molecule has 1 aliphatic rings. The highest BCUT2D eigenvalue weighted by atomic mass is 32.1. The van der Waals surface area contributed by atoms with Crippen LogP contribution in [0.15, 0.2) is 30.6 Å². The van der Waals surface area contributed by atoms with Crippen LogP contribution in [0.1, 0.15) is 33.6 Å². The number of amides is 1. The maximum Gasteiger partial charge on any atom is 0.266 e. The molecule has 0 bridgehead atoms. The summed E-state index contributed by atoms with van der Waals surface area (Å²) in [6.45, 7) is 6.06. The molecule has 0 atom stereocenters. The lowest BCUT2D eigenvalue weighted by Crippen LogP contribution is -2.19. The van der Waals surface area contributed by atoms with Crippen molar-refractivity contribution in [3.05, 3.63) is 46.6 Å². The van der Waals surface area contributed by atoms with Crippen LogP contribution in [0, 0.1) is 13.8 Å². The maximum atomic E-state index is 12.8. The highest BCUT2D eigenvalue weighted by molar-refractivity contribution is 7.20. The van der Waals surface area contributed by atoms with E-state index >= 15 is 0 Å². The van der Waals surface area contributed by atoms with Crippen LogP contribution >= 0.6 is 11.3 Å². The number of thiophene rings is 1. The lowest BCUT2D eigenvalue weighted by molar-refractivity contribution is 0.103. The molecule has 25 heavy (non-hydrogen) atoms.